The Hall–Kier alpha value is -3.10. The maximum atomic E-state index is 13.6. The number of carbonyl (C=O) groups excluding carboxylic acids is 2. The fraction of sp³-hybridized carbons (Fsp3) is 0.250. The fourth-order valence-corrected chi connectivity index (χ4v) is 4.74. The average molecular weight is 482 g/mol. The predicted molar refractivity (Wildman–Crippen MR) is 133 cm³/mol. The maximum absolute atomic E-state index is 13.6. The Morgan fingerprint density at radius 2 is 1.91 bits per heavy atom. The van der Waals surface area contributed by atoms with Gasteiger partial charge in [0.05, 0.1) is 16.6 Å². The van der Waals surface area contributed by atoms with Crippen LogP contribution in [0.25, 0.3) is 11.4 Å². The summed E-state index contributed by atoms with van der Waals surface area (Å²) in [6.45, 7) is 9.62. The molecule has 1 N–H and O–H groups in total. The molecule has 0 fully saturated rings. The van der Waals surface area contributed by atoms with Crippen LogP contribution in [0.5, 0.6) is 0 Å². The lowest BCUT2D eigenvalue weighted by molar-refractivity contribution is -0.126. The highest BCUT2D eigenvalue weighted by Crippen LogP contribution is 2.39. The molecule has 2 aromatic carbocycles. The van der Waals surface area contributed by atoms with Gasteiger partial charge in [-0.2, -0.15) is 0 Å². The standard InChI is InChI=1S/C24H24ClN5O2S/c1-5-14-29-20(16-10-12-17(25)13-11-16)27-28-23(29)33-15(2)21(31)30-19-9-7-6-8-18(19)26-22(32)24(30,3)4/h5-13,15H,1,14H2,2-4H3,(H,26,32). The van der Waals surface area contributed by atoms with Gasteiger partial charge in [0.15, 0.2) is 11.0 Å². The number of carbonyl (C=O) groups is 2. The summed E-state index contributed by atoms with van der Waals surface area (Å²) in [4.78, 5) is 28.0. The van der Waals surface area contributed by atoms with Crippen LogP contribution in [-0.4, -0.2) is 37.4 Å². The highest BCUT2D eigenvalue weighted by molar-refractivity contribution is 8.00. The van der Waals surface area contributed by atoms with Gasteiger partial charge in [-0.1, -0.05) is 41.6 Å². The van der Waals surface area contributed by atoms with Crippen LogP contribution in [0.4, 0.5) is 11.4 Å². The molecule has 7 nitrogen and oxygen atoms in total. The van der Waals surface area contributed by atoms with Crippen LogP contribution in [0.15, 0.2) is 66.3 Å². The highest BCUT2D eigenvalue weighted by Gasteiger charge is 2.45. The van der Waals surface area contributed by atoms with Crippen molar-refractivity contribution < 1.29 is 9.59 Å². The van der Waals surface area contributed by atoms with Crippen LogP contribution in [0.2, 0.25) is 5.02 Å². The quantitative estimate of drug-likeness (QED) is 0.394. The molecule has 1 aromatic heterocycles. The number of allylic oxidation sites excluding steroid dienone is 1. The maximum Gasteiger partial charge on any atom is 0.250 e. The molecule has 2 heterocycles. The number of nitrogens with zero attached hydrogens (tertiary/aromatic N) is 4. The topological polar surface area (TPSA) is 80.1 Å². The fourth-order valence-electron chi connectivity index (χ4n) is 3.72. The Labute approximate surface area is 201 Å². The van der Waals surface area contributed by atoms with E-state index in [1.165, 1.54) is 11.8 Å². The molecule has 0 spiro atoms. The highest BCUT2D eigenvalue weighted by atomic mass is 35.5. The molecule has 1 aliphatic rings. The summed E-state index contributed by atoms with van der Waals surface area (Å²) in [7, 11) is 0. The molecule has 33 heavy (non-hydrogen) atoms. The second-order valence-electron chi connectivity index (χ2n) is 8.18. The Balaban J connectivity index is 1.65. The number of rotatable bonds is 6. The summed E-state index contributed by atoms with van der Waals surface area (Å²) < 4.78 is 1.91. The molecule has 1 unspecified atom stereocenters. The second kappa shape index (κ2) is 9.03. The van der Waals surface area contributed by atoms with E-state index in [4.69, 9.17) is 11.6 Å². The molecular formula is C24H24ClN5O2S. The number of nitrogens with one attached hydrogen (secondary N) is 1. The Morgan fingerprint density at radius 3 is 2.61 bits per heavy atom. The molecule has 1 atom stereocenters. The van der Waals surface area contributed by atoms with E-state index >= 15 is 0 Å². The number of para-hydroxylation sites is 2. The number of halogens is 1. The van der Waals surface area contributed by atoms with Gasteiger partial charge in [-0.3, -0.25) is 19.1 Å². The lowest BCUT2D eigenvalue weighted by Crippen LogP contribution is -2.60. The van der Waals surface area contributed by atoms with E-state index < -0.39 is 10.8 Å². The van der Waals surface area contributed by atoms with E-state index in [-0.39, 0.29) is 11.8 Å². The molecular weight excluding hydrogens is 458 g/mol. The molecule has 2 amide bonds. The lowest BCUT2D eigenvalue weighted by atomic mass is 9.96. The summed E-state index contributed by atoms with van der Waals surface area (Å²) >= 11 is 7.32. The summed E-state index contributed by atoms with van der Waals surface area (Å²) in [6.07, 6.45) is 1.76. The van der Waals surface area contributed by atoms with Crippen molar-refractivity contribution in [2.75, 3.05) is 10.2 Å². The van der Waals surface area contributed by atoms with Crippen LogP contribution < -0.4 is 10.2 Å². The van der Waals surface area contributed by atoms with E-state index in [9.17, 15) is 9.59 Å². The van der Waals surface area contributed by atoms with Gasteiger partial charge >= 0.3 is 0 Å². The first-order valence-electron chi connectivity index (χ1n) is 10.4. The van der Waals surface area contributed by atoms with Crippen molar-refractivity contribution in [2.24, 2.45) is 0 Å². The number of fused-ring (bicyclic) bond motifs is 1. The van der Waals surface area contributed by atoms with E-state index in [0.29, 0.717) is 33.9 Å². The Morgan fingerprint density at radius 1 is 1.21 bits per heavy atom. The van der Waals surface area contributed by atoms with Gasteiger partial charge in [0, 0.05) is 17.1 Å². The number of amides is 2. The summed E-state index contributed by atoms with van der Waals surface area (Å²) in [5.41, 5.74) is 1.12. The van der Waals surface area contributed by atoms with Crippen LogP contribution in [0, 0.1) is 0 Å². The van der Waals surface area contributed by atoms with Gasteiger partial charge in [0.2, 0.25) is 11.8 Å². The van der Waals surface area contributed by atoms with Crippen molar-refractivity contribution in [2.45, 2.75) is 43.3 Å². The zero-order valence-corrected chi connectivity index (χ0v) is 20.2. The SMILES string of the molecule is C=CCn1c(SC(C)C(=O)N2c3ccccc3NC(=O)C2(C)C)nnc1-c1ccc(Cl)cc1. The van der Waals surface area contributed by atoms with Crippen molar-refractivity contribution in [3.8, 4) is 11.4 Å². The number of anilines is 2. The first kappa shape index (κ1) is 23.1. The zero-order valence-electron chi connectivity index (χ0n) is 18.6. The largest absolute Gasteiger partial charge is 0.322 e. The normalized spacial score (nSPS) is 15.5. The van der Waals surface area contributed by atoms with Gasteiger partial charge in [0.1, 0.15) is 5.54 Å². The van der Waals surface area contributed by atoms with E-state index in [1.807, 2.05) is 41.8 Å². The molecule has 3 aromatic rings. The van der Waals surface area contributed by atoms with Gasteiger partial charge in [-0.05, 0) is 57.2 Å². The van der Waals surface area contributed by atoms with Crippen molar-refractivity contribution >= 4 is 46.6 Å². The van der Waals surface area contributed by atoms with Crippen molar-refractivity contribution in [3.63, 3.8) is 0 Å². The number of aromatic nitrogens is 3. The number of hydrogen-bond acceptors (Lipinski definition) is 5. The zero-order chi connectivity index (χ0) is 23.8. The second-order valence-corrected chi connectivity index (χ2v) is 9.92. The van der Waals surface area contributed by atoms with Gasteiger partial charge in [-0.25, -0.2) is 0 Å². The van der Waals surface area contributed by atoms with E-state index in [2.05, 4.69) is 22.1 Å². The molecule has 0 bridgehead atoms. The number of benzene rings is 2. The lowest BCUT2D eigenvalue weighted by Gasteiger charge is -2.43. The van der Waals surface area contributed by atoms with Gasteiger partial charge in [-0.15, -0.1) is 16.8 Å². The van der Waals surface area contributed by atoms with Crippen LogP contribution in [-0.2, 0) is 16.1 Å². The van der Waals surface area contributed by atoms with E-state index in [1.54, 1.807) is 43.0 Å². The minimum Gasteiger partial charge on any atom is -0.322 e. The average Bonchev–Trinajstić information content (AvgIpc) is 3.17. The third-order valence-corrected chi connectivity index (χ3v) is 6.81. The monoisotopic (exact) mass is 481 g/mol. The molecule has 0 saturated heterocycles. The third-order valence-electron chi connectivity index (χ3n) is 5.49. The minimum absolute atomic E-state index is 0.187. The molecule has 0 radical (unpaired) electrons. The predicted octanol–water partition coefficient (Wildman–Crippen LogP) is 5.03. The molecule has 170 valence electrons. The van der Waals surface area contributed by atoms with Crippen LogP contribution >= 0.6 is 23.4 Å². The van der Waals surface area contributed by atoms with Crippen molar-refractivity contribution in [1.82, 2.24) is 14.8 Å². The van der Waals surface area contributed by atoms with Crippen molar-refractivity contribution in [1.29, 1.82) is 0 Å². The van der Waals surface area contributed by atoms with Crippen LogP contribution in [0.3, 0.4) is 0 Å². The first-order valence-corrected chi connectivity index (χ1v) is 11.7. The smallest absolute Gasteiger partial charge is 0.250 e. The summed E-state index contributed by atoms with van der Waals surface area (Å²) in [5.74, 6) is 0.247. The first-order chi connectivity index (χ1) is 15.7. The van der Waals surface area contributed by atoms with Crippen LogP contribution in [0.1, 0.15) is 20.8 Å². The molecule has 0 saturated carbocycles. The minimum atomic E-state index is -1.04. The molecule has 9 heteroatoms. The number of hydrogen-bond donors (Lipinski definition) is 1. The van der Waals surface area contributed by atoms with E-state index in [0.717, 1.165) is 5.56 Å². The van der Waals surface area contributed by atoms with Gasteiger partial charge in [0.25, 0.3) is 0 Å². The summed E-state index contributed by atoms with van der Waals surface area (Å²) in [5, 5.41) is 12.3. The number of thioether (sulfide) groups is 1. The van der Waals surface area contributed by atoms with Gasteiger partial charge < -0.3 is 5.32 Å². The third kappa shape index (κ3) is 4.28. The summed E-state index contributed by atoms with van der Waals surface area (Å²) in [6, 6.07) is 14.6. The molecule has 0 aliphatic carbocycles. The Bertz CT molecular complexity index is 1220. The molecule has 4 rings (SSSR count). The Kier molecular flexibility index (Phi) is 6.32. The molecule has 1 aliphatic heterocycles. The van der Waals surface area contributed by atoms with Crippen molar-refractivity contribution in [3.05, 3.63) is 66.2 Å².